The zero-order valence-corrected chi connectivity index (χ0v) is 15.8. The summed E-state index contributed by atoms with van der Waals surface area (Å²) in [6.07, 6.45) is 4.98. The summed E-state index contributed by atoms with van der Waals surface area (Å²) in [6.45, 7) is 1.65. The van der Waals surface area contributed by atoms with Crippen molar-refractivity contribution in [1.82, 2.24) is 0 Å². The van der Waals surface area contributed by atoms with E-state index in [0.29, 0.717) is 29.7 Å². The first kappa shape index (κ1) is 18.9. The van der Waals surface area contributed by atoms with Gasteiger partial charge >= 0.3 is 11.9 Å². The topological polar surface area (TPSA) is 109 Å². The number of furan rings is 1. The van der Waals surface area contributed by atoms with Crippen molar-refractivity contribution in [1.29, 1.82) is 0 Å². The molecule has 1 saturated carbocycles. The zero-order valence-electron chi connectivity index (χ0n) is 15.8. The Hall–Kier alpha value is -3.42. The van der Waals surface area contributed by atoms with Crippen molar-refractivity contribution in [3.8, 4) is 11.3 Å². The largest absolute Gasteiger partial charge is 0.457 e. The van der Waals surface area contributed by atoms with Gasteiger partial charge in [-0.15, -0.1) is 0 Å². The SMILES string of the molecule is Cc1ccc(-c2ccc(C=C3C(=O)OC4(CCCCC4)OC3=O)o2)cc1[N+](=O)[O-]. The van der Waals surface area contributed by atoms with E-state index < -0.39 is 22.6 Å². The van der Waals surface area contributed by atoms with E-state index >= 15 is 0 Å². The molecule has 0 unspecified atom stereocenters. The number of hydrogen-bond acceptors (Lipinski definition) is 7. The number of benzene rings is 1. The van der Waals surface area contributed by atoms with Crippen LogP contribution in [0.1, 0.15) is 43.4 Å². The average molecular weight is 397 g/mol. The number of aryl methyl sites for hydroxylation is 1. The van der Waals surface area contributed by atoms with E-state index in [4.69, 9.17) is 13.9 Å². The Balaban J connectivity index is 1.58. The lowest BCUT2D eigenvalue weighted by Crippen LogP contribution is -2.47. The lowest BCUT2D eigenvalue weighted by atomic mass is 9.93. The van der Waals surface area contributed by atoms with Crippen molar-refractivity contribution < 1.29 is 28.4 Å². The summed E-state index contributed by atoms with van der Waals surface area (Å²) in [5, 5.41) is 11.1. The minimum absolute atomic E-state index is 0.0176. The molecule has 0 N–H and O–H groups in total. The monoisotopic (exact) mass is 397 g/mol. The number of nitro groups is 1. The van der Waals surface area contributed by atoms with Gasteiger partial charge in [0, 0.05) is 36.1 Å². The molecule has 2 aliphatic rings. The van der Waals surface area contributed by atoms with E-state index in [9.17, 15) is 19.7 Å². The van der Waals surface area contributed by atoms with Gasteiger partial charge in [-0.2, -0.15) is 0 Å². The Labute approximate surface area is 166 Å². The number of carbonyl (C=O) groups is 2. The highest BCUT2D eigenvalue weighted by molar-refractivity contribution is 6.18. The summed E-state index contributed by atoms with van der Waals surface area (Å²) < 4.78 is 16.6. The highest BCUT2D eigenvalue weighted by Gasteiger charge is 2.46. The second-order valence-electron chi connectivity index (χ2n) is 7.27. The summed E-state index contributed by atoms with van der Waals surface area (Å²) in [7, 11) is 0. The molecule has 2 fully saturated rings. The summed E-state index contributed by atoms with van der Waals surface area (Å²) in [6, 6.07) is 7.94. The number of esters is 2. The van der Waals surface area contributed by atoms with Gasteiger partial charge in [0.15, 0.2) is 0 Å². The highest BCUT2D eigenvalue weighted by atomic mass is 16.7. The second kappa shape index (κ2) is 7.20. The van der Waals surface area contributed by atoms with Crippen molar-refractivity contribution in [3.05, 3.63) is 57.3 Å². The first-order chi connectivity index (χ1) is 13.9. The smallest absolute Gasteiger partial charge is 0.349 e. The third-order valence-electron chi connectivity index (χ3n) is 5.22. The predicted octanol–water partition coefficient (Wildman–Crippen LogP) is 4.31. The minimum atomic E-state index is -1.14. The molecule has 0 atom stereocenters. The molecule has 1 aliphatic carbocycles. The Morgan fingerprint density at radius 3 is 2.38 bits per heavy atom. The number of nitro benzene ring substituents is 1. The molecular weight excluding hydrogens is 378 g/mol. The molecule has 150 valence electrons. The van der Waals surface area contributed by atoms with E-state index in [1.54, 1.807) is 31.2 Å². The van der Waals surface area contributed by atoms with Crippen LogP contribution in [0.4, 0.5) is 5.69 Å². The fourth-order valence-corrected chi connectivity index (χ4v) is 3.65. The molecule has 8 heteroatoms. The number of carbonyl (C=O) groups excluding carboxylic acids is 2. The van der Waals surface area contributed by atoms with Crippen LogP contribution in [0.25, 0.3) is 17.4 Å². The van der Waals surface area contributed by atoms with Crippen molar-refractivity contribution in [2.45, 2.75) is 44.8 Å². The van der Waals surface area contributed by atoms with Crippen molar-refractivity contribution in [3.63, 3.8) is 0 Å². The van der Waals surface area contributed by atoms with Gasteiger partial charge in [0.25, 0.3) is 11.5 Å². The quantitative estimate of drug-likeness (QED) is 0.250. The van der Waals surface area contributed by atoms with Crippen LogP contribution in [-0.2, 0) is 19.1 Å². The van der Waals surface area contributed by atoms with Gasteiger partial charge < -0.3 is 13.9 Å². The van der Waals surface area contributed by atoms with E-state index in [-0.39, 0.29) is 17.0 Å². The first-order valence-corrected chi connectivity index (χ1v) is 9.40. The van der Waals surface area contributed by atoms with E-state index in [0.717, 1.165) is 19.3 Å². The number of rotatable bonds is 3. The van der Waals surface area contributed by atoms with Crippen LogP contribution in [0.15, 0.2) is 40.3 Å². The third kappa shape index (κ3) is 3.65. The van der Waals surface area contributed by atoms with Crippen LogP contribution in [0, 0.1) is 17.0 Å². The normalized spacial score (nSPS) is 18.3. The second-order valence-corrected chi connectivity index (χ2v) is 7.27. The third-order valence-corrected chi connectivity index (χ3v) is 5.22. The number of ether oxygens (including phenoxy) is 2. The fourth-order valence-electron chi connectivity index (χ4n) is 3.65. The molecule has 0 bridgehead atoms. The molecule has 1 spiro atoms. The molecule has 2 heterocycles. The van der Waals surface area contributed by atoms with Crippen LogP contribution < -0.4 is 0 Å². The molecule has 1 saturated heterocycles. The summed E-state index contributed by atoms with van der Waals surface area (Å²) >= 11 is 0. The summed E-state index contributed by atoms with van der Waals surface area (Å²) in [5.74, 6) is -1.98. The van der Waals surface area contributed by atoms with Crippen LogP contribution in [0.2, 0.25) is 0 Å². The van der Waals surface area contributed by atoms with Crippen molar-refractivity contribution in [2.75, 3.05) is 0 Å². The van der Waals surface area contributed by atoms with Gasteiger partial charge in [0.2, 0.25) is 0 Å². The summed E-state index contributed by atoms with van der Waals surface area (Å²) in [5.41, 5.74) is 0.798. The lowest BCUT2D eigenvalue weighted by molar-refractivity contribution is -0.385. The molecule has 1 aliphatic heterocycles. The number of nitrogens with zero attached hydrogens (tertiary/aromatic N) is 1. The molecule has 4 rings (SSSR count). The Morgan fingerprint density at radius 1 is 1.03 bits per heavy atom. The van der Waals surface area contributed by atoms with Gasteiger partial charge in [-0.3, -0.25) is 10.1 Å². The Morgan fingerprint density at radius 2 is 1.72 bits per heavy atom. The predicted molar refractivity (Wildman–Crippen MR) is 102 cm³/mol. The minimum Gasteiger partial charge on any atom is -0.457 e. The van der Waals surface area contributed by atoms with Crippen LogP contribution in [0.5, 0.6) is 0 Å². The van der Waals surface area contributed by atoms with Crippen LogP contribution in [0.3, 0.4) is 0 Å². The molecule has 1 aromatic carbocycles. The molecule has 0 radical (unpaired) electrons. The van der Waals surface area contributed by atoms with Gasteiger partial charge in [0.05, 0.1) is 4.92 Å². The Kier molecular flexibility index (Phi) is 4.70. The van der Waals surface area contributed by atoms with Crippen molar-refractivity contribution >= 4 is 23.7 Å². The molecule has 8 nitrogen and oxygen atoms in total. The molecular formula is C21H19NO7. The van der Waals surface area contributed by atoms with Crippen molar-refractivity contribution in [2.24, 2.45) is 0 Å². The van der Waals surface area contributed by atoms with E-state index in [2.05, 4.69) is 0 Å². The fraction of sp³-hybridized carbons (Fsp3) is 0.333. The number of hydrogen-bond donors (Lipinski definition) is 0. The summed E-state index contributed by atoms with van der Waals surface area (Å²) in [4.78, 5) is 35.5. The molecule has 2 aromatic rings. The molecule has 1 aromatic heterocycles. The molecule has 29 heavy (non-hydrogen) atoms. The van der Waals surface area contributed by atoms with E-state index in [1.165, 1.54) is 12.1 Å². The average Bonchev–Trinajstić information content (AvgIpc) is 3.14. The lowest BCUT2D eigenvalue weighted by Gasteiger charge is -2.38. The maximum absolute atomic E-state index is 12.4. The maximum atomic E-state index is 12.4. The highest BCUT2D eigenvalue weighted by Crippen LogP contribution is 2.37. The molecule has 0 amide bonds. The first-order valence-electron chi connectivity index (χ1n) is 9.40. The van der Waals surface area contributed by atoms with Gasteiger partial charge in [-0.05, 0) is 31.9 Å². The van der Waals surface area contributed by atoms with Gasteiger partial charge in [0.1, 0.15) is 17.1 Å². The van der Waals surface area contributed by atoms with Crippen LogP contribution >= 0.6 is 0 Å². The zero-order chi connectivity index (χ0) is 20.6. The maximum Gasteiger partial charge on any atom is 0.349 e. The van der Waals surface area contributed by atoms with Crippen LogP contribution in [-0.4, -0.2) is 22.6 Å². The van der Waals surface area contributed by atoms with E-state index in [1.807, 2.05) is 0 Å². The standard InChI is InChI=1S/C21H19NO7/c1-13-5-6-14(11-17(13)22(25)26)18-8-7-15(27-18)12-16-19(23)28-21(29-20(16)24)9-3-2-4-10-21/h5-8,11-12H,2-4,9-10H2,1H3. The van der Waals surface area contributed by atoms with Gasteiger partial charge in [-0.25, -0.2) is 9.59 Å². The Bertz CT molecular complexity index is 1010. The van der Waals surface area contributed by atoms with Gasteiger partial charge in [-0.1, -0.05) is 18.6 Å².